The van der Waals surface area contributed by atoms with E-state index in [2.05, 4.69) is 20.3 Å². The van der Waals surface area contributed by atoms with Crippen molar-refractivity contribution in [2.75, 3.05) is 7.11 Å². The lowest BCUT2D eigenvalue weighted by atomic mass is 10.2. The third-order valence-corrected chi connectivity index (χ3v) is 3.73. The van der Waals surface area contributed by atoms with Gasteiger partial charge in [-0.15, -0.1) is 0 Å². The van der Waals surface area contributed by atoms with E-state index in [1.54, 1.807) is 19.5 Å². The standard InChI is InChI=1S/C18H20N4O4/c1-11-4-5-14(15(8-11)24-3)25-10-16-22-13(9-26-16)18(23)21-12(2)17-19-6-7-20-17/h4-9,12H,10H2,1-3H3,(H,19,20)(H,21,23). The summed E-state index contributed by atoms with van der Waals surface area (Å²) in [6, 6.07) is 5.34. The predicted octanol–water partition coefficient (Wildman–Crippen LogP) is 2.78. The van der Waals surface area contributed by atoms with Crippen molar-refractivity contribution < 1.29 is 18.7 Å². The zero-order chi connectivity index (χ0) is 18.5. The normalized spacial score (nSPS) is 11.8. The number of methoxy groups -OCH3 is 1. The lowest BCUT2D eigenvalue weighted by Crippen LogP contribution is -2.27. The minimum Gasteiger partial charge on any atom is -0.493 e. The van der Waals surface area contributed by atoms with Crippen molar-refractivity contribution in [3.05, 3.63) is 59.8 Å². The summed E-state index contributed by atoms with van der Waals surface area (Å²) in [4.78, 5) is 23.5. The van der Waals surface area contributed by atoms with E-state index in [9.17, 15) is 4.79 Å². The molecule has 0 fully saturated rings. The number of imidazole rings is 1. The first-order valence-electron chi connectivity index (χ1n) is 8.09. The fourth-order valence-electron chi connectivity index (χ4n) is 2.37. The number of H-pyrrole nitrogens is 1. The largest absolute Gasteiger partial charge is 0.493 e. The number of hydrogen-bond donors (Lipinski definition) is 2. The second-order valence-corrected chi connectivity index (χ2v) is 5.74. The number of ether oxygens (including phenoxy) is 2. The van der Waals surface area contributed by atoms with Gasteiger partial charge in [0.05, 0.1) is 13.2 Å². The first-order valence-corrected chi connectivity index (χ1v) is 8.09. The van der Waals surface area contributed by atoms with Crippen molar-refractivity contribution in [3.8, 4) is 11.5 Å². The highest BCUT2D eigenvalue weighted by Gasteiger charge is 2.17. The number of benzene rings is 1. The molecule has 0 radical (unpaired) electrons. The zero-order valence-corrected chi connectivity index (χ0v) is 14.8. The molecule has 1 unspecified atom stereocenters. The SMILES string of the molecule is COc1cc(C)ccc1OCc1nc(C(=O)NC(C)c2ncc[nH]2)co1. The van der Waals surface area contributed by atoms with Crippen LogP contribution in [0.5, 0.6) is 11.5 Å². The molecular formula is C18H20N4O4. The van der Waals surface area contributed by atoms with Gasteiger partial charge in [0.25, 0.3) is 5.91 Å². The van der Waals surface area contributed by atoms with Crippen LogP contribution < -0.4 is 14.8 Å². The second kappa shape index (κ2) is 7.73. The molecule has 3 aromatic rings. The molecule has 3 rings (SSSR count). The fraction of sp³-hybridized carbons (Fsp3) is 0.278. The Morgan fingerprint density at radius 2 is 2.23 bits per heavy atom. The smallest absolute Gasteiger partial charge is 0.273 e. The molecule has 0 aliphatic rings. The van der Waals surface area contributed by atoms with E-state index in [-0.39, 0.29) is 24.2 Å². The molecule has 1 aromatic carbocycles. The Labute approximate surface area is 150 Å². The van der Waals surface area contributed by atoms with E-state index in [0.717, 1.165) is 5.56 Å². The molecule has 1 amide bonds. The van der Waals surface area contributed by atoms with Crippen molar-refractivity contribution in [1.82, 2.24) is 20.3 Å². The number of amides is 1. The van der Waals surface area contributed by atoms with Crippen LogP contribution in [-0.2, 0) is 6.61 Å². The third-order valence-electron chi connectivity index (χ3n) is 3.73. The molecular weight excluding hydrogens is 336 g/mol. The fourth-order valence-corrected chi connectivity index (χ4v) is 2.37. The average molecular weight is 356 g/mol. The summed E-state index contributed by atoms with van der Waals surface area (Å²) >= 11 is 0. The molecule has 0 saturated heterocycles. The number of rotatable bonds is 7. The maximum Gasteiger partial charge on any atom is 0.273 e. The van der Waals surface area contributed by atoms with Crippen LogP contribution in [0.2, 0.25) is 0 Å². The highest BCUT2D eigenvalue weighted by atomic mass is 16.5. The molecule has 1 atom stereocenters. The minimum atomic E-state index is -0.350. The molecule has 0 aliphatic heterocycles. The molecule has 2 heterocycles. The Kier molecular flexibility index (Phi) is 5.21. The molecule has 0 aliphatic carbocycles. The van der Waals surface area contributed by atoms with Crippen LogP contribution in [0.1, 0.15) is 40.7 Å². The Hall–Kier alpha value is -3.29. The van der Waals surface area contributed by atoms with Crippen LogP contribution in [0.25, 0.3) is 0 Å². The number of aromatic amines is 1. The van der Waals surface area contributed by atoms with E-state index < -0.39 is 0 Å². The van der Waals surface area contributed by atoms with Crippen LogP contribution in [-0.4, -0.2) is 28.0 Å². The quantitative estimate of drug-likeness (QED) is 0.675. The van der Waals surface area contributed by atoms with Crippen molar-refractivity contribution in [3.63, 3.8) is 0 Å². The number of hydrogen-bond acceptors (Lipinski definition) is 6. The van der Waals surface area contributed by atoms with Crippen molar-refractivity contribution >= 4 is 5.91 Å². The number of oxazole rings is 1. The van der Waals surface area contributed by atoms with Gasteiger partial charge in [0.1, 0.15) is 12.1 Å². The van der Waals surface area contributed by atoms with Crippen LogP contribution >= 0.6 is 0 Å². The molecule has 0 saturated carbocycles. The van der Waals surface area contributed by atoms with Crippen LogP contribution in [0.3, 0.4) is 0 Å². The Balaban J connectivity index is 1.60. The number of aryl methyl sites for hydroxylation is 1. The second-order valence-electron chi connectivity index (χ2n) is 5.74. The number of carbonyl (C=O) groups excluding carboxylic acids is 1. The van der Waals surface area contributed by atoms with E-state index >= 15 is 0 Å². The lowest BCUT2D eigenvalue weighted by molar-refractivity contribution is 0.0933. The number of nitrogens with zero attached hydrogens (tertiary/aromatic N) is 2. The predicted molar refractivity (Wildman–Crippen MR) is 93.0 cm³/mol. The summed E-state index contributed by atoms with van der Waals surface area (Å²) in [6.45, 7) is 3.87. The Bertz CT molecular complexity index is 873. The van der Waals surface area contributed by atoms with E-state index in [4.69, 9.17) is 13.9 Å². The van der Waals surface area contributed by atoms with Crippen molar-refractivity contribution in [2.45, 2.75) is 26.5 Å². The maximum atomic E-state index is 12.2. The first kappa shape index (κ1) is 17.5. The lowest BCUT2D eigenvalue weighted by Gasteiger charge is -2.10. The van der Waals surface area contributed by atoms with Gasteiger partial charge in [0.2, 0.25) is 5.89 Å². The summed E-state index contributed by atoms with van der Waals surface area (Å²) in [5.74, 6) is 1.81. The molecule has 2 aromatic heterocycles. The van der Waals surface area contributed by atoms with Crippen molar-refractivity contribution in [1.29, 1.82) is 0 Å². The van der Waals surface area contributed by atoms with Crippen LogP contribution in [0.4, 0.5) is 0 Å². The first-order chi connectivity index (χ1) is 12.6. The highest BCUT2D eigenvalue weighted by Crippen LogP contribution is 2.28. The Morgan fingerprint density at radius 3 is 2.96 bits per heavy atom. The molecule has 8 heteroatoms. The van der Waals surface area contributed by atoms with Crippen molar-refractivity contribution in [2.24, 2.45) is 0 Å². The monoisotopic (exact) mass is 356 g/mol. The van der Waals surface area contributed by atoms with Gasteiger partial charge < -0.3 is 24.2 Å². The number of aromatic nitrogens is 3. The van der Waals surface area contributed by atoms with Gasteiger partial charge in [0, 0.05) is 12.4 Å². The van der Waals surface area contributed by atoms with E-state index in [1.807, 2.05) is 32.0 Å². The van der Waals surface area contributed by atoms with Gasteiger partial charge in [-0.25, -0.2) is 9.97 Å². The van der Waals surface area contributed by atoms with Gasteiger partial charge in [-0.2, -0.15) is 0 Å². The minimum absolute atomic E-state index is 0.0838. The van der Waals surface area contributed by atoms with Gasteiger partial charge in [-0.05, 0) is 31.5 Å². The summed E-state index contributed by atoms with van der Waals surface area (Å²) < 4.78 is 16.3. The summed E-state index contributed by atoms with van der Waals surface area (Å²) in [7, 11) is 1.58. The molecule has 8 nitrogen and oxygen atoms in total. The van der Waals surface area contributed by atoms with Gasteiger partial charge in [-0.1, -0.05) is 6.07 Å². The van der Waals surface area contributed by atoms with Crippen LogP contribution in [0.15, 0.2) is 41.3 Å². The summed E-state index contributed by atoms with van der Waals surface area (Å²) in [6.07, 6.45) is 4.63. The van der Waals surface area contributed by atoms with E-state index in [1.165, 1.54) is 6.26 Å². The van der Waals surface area contributed by atoms with Crippen LogP contribution in [0, 0.1) is 6.92 Å². The molecule has 26 heavy (non-hydrogen) atoms. The summed E-state index contributed by atoms with van der Waals surface area (Å²) in [5, 5.41) is 2.79. The average Bonchev–Trinajstić information content (AvgIpc) is 3.32. The third kappa shape index (κ3) is 4.02. The molecule has 136 valence electrons. The summed E-state index contributed by atoms with van der Waals surface area (Å²) in [5.41, 5.74) is 1.24. The van der Waals surface area contributed by atoms with Gasteiger partial charge in [-0.3, -0.25) is 4.79 Å². The van der Waals surface area contributed by atoms with E-state index in [0.29, 0.717) is 23.2 Å². The van der Waals surface area contributed by atoms with Gasteiger partial charge in [0.15, 0.2) is 23.8 Å². The number of nitrogens with one attached hydrogen (secondary N) is 2. The molecule has 0 bridgehead atoms. The highest BCUT2D eigenvalue weighted by molar-refractivity contribution is 5.92. The zero-order valence-electron chi connectivity index (χ0n) is 14.8. The maximum absolute atomic E-state index is 12.2. The molecule has 0 spiro atoms. The molecule has 2 N–H and O–H groups in total. The Morgan fingerprint density at radius 1 is 1.38 bits per heavy atom. The van der Waals surface area contributed by atoms with Gasteiger partial charge >= 0.3 is 0 Å². The number of carbonyl (C=O) groups is 1. The topological polar surface area (TPSA) is 102 Å².